The molecule has 0 fully saturated rings. The van der Waals surface area contributed by atoms with E-state index in [1.54, 1.807) is 6.08 Å². The van der Waals surface area contributed by atoms with Gasteiger partial charge in [-0.25, -0.2) is 4.39 Å². The van der Waals surface area contributed by atoms with E-state index in [9.17, 15) is 4.39 Å². The summed E-state index contributed by atoms with van der Waals surface area (Å²) in [5.74, 6) is -0.131. The molecule has 0 N–H and O–H groups in total. The zero-order chi connectivity index (χ0) is 5.98. The highest BCUT2D eigenvalue weighted by atomic mass is 19.1. The van der Waals surface area contributed by atoms with Crippen molar-refractivity contribution < 1.29 is 4.39 Å². The third-order valence-corrected chi connectivity index (χ3v) is 1.10. The van der Waals surface area contributed by atoms with Crippen LogP contribution in [0.5, 0.6) is 0 Å². The molecule has 0 saturated heterocycles. The third-order valence-electron chi connectivity index (χ3n) is 1.10. The van der Waals surface area contributed by atoms with Crippen LogP contribution in [0.1, 0.15) is 13.3 Å². The lowest BCUT2D eigenvalue weighted by molar-refractivity contribution is 0.658. The second kappa shape index (κ2) is 2.12. The second-order valence-electron chi connectivity index (χ2n) is 1.98. The Morgan fingerprint density at radius 2 is 2.38 bits per heavy atom. The third kappa shape index (κ3) is 1.19. The Bertz CT molecular complexity index is 142. The SMILES string of the molecule is CC1=CC(F)=C[CH]C1. The molecule has 0 aromatic heterocycles. The molecule has 8 heavy (non-hydrogen) atoms. The predicted octanol–water partition coefficient (Wildman–Crippen LogP) is 2.39. The van der Waals surface area contributed by atoms with Gasteiger partial charge in [-0.05, 0) is 31.9 Å². The molecule has 0 aliphatic heterocycles. The van der Waals surface area contributed by atoms with Gasteiger partial charge in [0.25, 0.3) is 0 Å². The van der Waals surface area contributed by atoms with Crippen molar-refractivity contribution in [1.29, 1.82) is 0 Å². The molecule has 43 valence electrons. The Labute approximate surface area is 48.7 Å². The van der Waals surface area contributed by atoms with Crippen molar-refractivity contribution in [2.75, 3.05) is 0 Å². The standard InChI is InChI=1S/C7H8F/c1-6-3-2-4-7(8)5-6/h2,4-5H,3H2,1H3. The number of rotatable bonds is 0. The summed E-state index contributed by atoms with van der Waals surface area (Å²) in [7, 11) is 0. The molecule has 0 saturated carbocycles. The zero-order valence-corrected chi connectivity index (χ0v) is 4.82. The van der Waals surface area contributed by atoms with E-state index in [0.717, 1.165) is 12.0 Å². The Kier molecular flexibility index (Phi) is 1.47. The molecule has 1 radical (unpaired) electrons. The van der Waals surface area contributed by atoms with Crippen molar-refractivity contribution in [2.45, 2.75) is 13.3 Å². The first-order valence-corrected chi connectivity index (χ1v) is 2.65. The first-order valence-electron chi connectivity index (χ1n) is 2.65. The Balaban J connectivity index is 2.69. The summed E-state index contributed by atoms with van der Waals surface area (Å²) >= 11 is 0. The van der Waals surface area contributed by atoms with Crippen molar-refractivity contribution >= 4 is 0 Å². The first kappa shape index (κ1) is 5.54. The zero-order valence-electron chi connectivity index (χ0n) is 4.82. The lowest BCUT2D eigenvalue weighted by Gasteiger charge is -2.01. The molecule has 0 spiro atoms. The van der Waals surface area contributed by atoms with E-state index in [4.69, 9.17) is 0 Å². The van der Waals surface area contributed by atoms with Crippen LogP contribution in [-0.2, 0) is 0 Å². The molecule has 1 aliphatic rings. The lowest BCUT2D eigenvalue weighted by atomic mass is 10.1. The molecule has 1 heteroatoms. The molecular formula is C7H8F. The van der Waals surface area contributed by atoms with Crippen LogP contribution in [0.2, 0.25) is 0 Å². The van der Waals surface area contributed by atoms with E-state index >= 15 is 0 Å². The molecule has 1 aliphatic carbocycles. The molecule has 0 nitrogen and oxygen atoms in total. The lowest BCUT2D eigenvalue weighted by Crippen LogP contribution is -1.84. The van der Waals surface area contributed by atoms with Crippen molar-refractivity contribution in [2.24, 2.45) is 0 Å². The van der Waals surface area contributed by atoms with Crippen LogP contribution in [0.3, 0.4) is 0 Å². The van der Waals surface area contributed by atoms with Crippen LogP contribution in [0.15, 0.2) is 23.6 Å². The van der Waals surface area contributed by atoms with Gasteiger partial charge in [0.05, 0.1) is 0 Å². The molecule has 0 unspecified atom stereocenters. The highest BCUT2D eigenvalue weighted by Gasteiger charge is 1.98. The Hall–Kier alpha value is -0.590. The van der Waals surface area contributed by atoms with Crippen molar-refractivity contribution in [3.63, 3.8) is 0 Å². The summed E-state index contributed by atoms with van der Waals surface area (Å²) in [4.78, 5) is 0. The normalized spacial score (nSPS) is 19.8. The summed E-state index contributed by atoms with van der Waals surface area (Å²) in [6.07, 6.45) is 5.77. The largest absolute Gasteiger partial charge is 0.207 e. The van der Waals surface area contributed by atoms with Gasteiger partial charge in [-0.3, -0.25) is 0 Å². The van der Waals surface area contributed by atoms with Gasteiger partial charge in [-0.15, -0.1) is 0 Å². The Morgan fingerprint density at radius 1 is 1.62 bits per heavy atom. The van der Waals surface area contributed by atoms with Crippen LogP contribution in [0.25, 0.3) is 0 Å². The molecule has 0 amide bonds. The van der Waals surface area contributed by atoms with Crippen LogP contribution < -0.4 is 0 Å². The smallest absolute Gasteiger partial charge is 0.119 e. The topological polar surface area (TPSA) is 0 Å². The maximum atomic E-state index is 12.2. The van der Waals surface area contributed by atoms with E-state index in [1.165, 1.54) is 6.08 Å². The van der Waals surface area contributed by atoms with Gasteiger partial charge in [0.15, 0.2) is 0 Å². The van der Waals surface area contributed by atoms with Gasteiger partial charge in [0.2, 0.25) is 0 Å². The van der Waals surface area contributed by atoms with E-state index < -0.39 is 0 Å². The summed E-state index contributed by atoms with van der Waals surface area (Å²) in [6.45, 7) is 1.92. The van der Waals surface area contributed by atoms with Crippen LogP contribution >= 0.6 is 0 Å². The molecular weight excluding hydrogens is 103 g/mol. The van der Waals surface area contributed by atoms with E-state index in [-0.39, 0.29) is 5.83 Å². The van der Waals surface area contributed by atoms with Gasteiger partial charge < -0.3 is 0 Å². The monoisotopic (exact) mass is 111 g/mol. The van der Waals surface area contributed by atoms with Crippen molar-refractivity contribution in [1.82, 2.24) is 0 Å². The average molecular weight is 111 g/mol. The van der Waals surface area contributed by atoms with Gasteiger partial charge in [-0.1, -0.05) is 5.57 Å². The summed E-state index contributed by atoms with van der Waals surface area (Å²) in [5.41, 5.74) is 1.09. The molecule has 0 heterocycles. The molecule has 0 aromatic carbocycles. The van der Waals surface area contributed by atoms with E-state index in [2.05, 4.69) is 0 Å². The second-order valence-corrected chi connectivity index (χ2v) is 1.98. The minimum Gasteiger partial charge on any atom is -0.207 e. The number of halogens is 1. The first-order chi connectivity index (χ1) is 3.79. The fraction of sp³-hybridized carbons (Fsp3) is 0.286. The Morgan fingerprint density at radius 3 is 2.75 bits per heavy atom. The molecule has 0 aromatic rings. The predicted molar refractivity (Wildman–Crippen MR) is 31.9 cm³/mol. The number of hydrogen-bond donors (Lipinski definition) is 0. The van der Waals surface area contributed by atoms with Gasteiger partial charge in [0.1, 0.15) is 5.83 Å². The maximum Gasteiger partial charge on any atom is 0.119 e. The number of allylic oxidation sites excluding steroid dienone is 4. The molecule has 0 atom stereocenters. The highest BCUT2D eigenvalue weighted by molar-refractivity contribution is 5.26. The fourth-order valence-corrected chi connectivity index (χ4v) is 0.700. The van der Waals surface area contributed by atoms with E-state index in [1.807, 2.05) is 13.3 Å². The van der Waals surface area contributed by atoms with Gasteiger partial charge >= 0.3 is 0 Å². The summed E-state index contributed by atoms with van der Waals surface area (Å²) in [5, 5.41) is 0. The average Bonchev–Trinajstić information content (AvgIpc) is 1.64. The van der Waals surface area contributed by atoms with Gasteiger partial charge in [-0.2, -0.15) is 0 Å². The maximum absolute atomic E-state index is 12.2. The van der Waals surface area contributed by atoms with Crippen LogP contribution in [0, 0.1) is 6.42 Å². The molecule has 1 rings (SSSR count). The quantitative estimate of drug-likeness (QED) is 0.450. The van der Waals surface area contributed by atoms with Crippen molar-refractivity contribution in [3.8, 4) is 0 Å². The minimum atomic E-state index is -0.131. The summed E-state index contributed by atoms with van der Waals surface area (Å²) < 4.78 is 12.2. The minimum absolute atomic E-state index is 0.131. The highest BCUT2D eigenvalue weighted by Crippen LogP contribution is 2.15. The summed E-state index contributed by atoms with van der Waals surface area (Å²) in [6, 6.07) is 0. The fourth-order valence-electron chi connectivity index (χ4n) is 0.700. The van der Waals surface area contributed by atoms with Crippen LogP contribution in [-0.4, -0.2) is 0 Å². The van der Waals surface area contributed by atoms with Crippen molar-refractivity contribution in [3.05, 3.63) is 30.0 Å². The van der Waals surface area contributed by atoms with Crippen LogP contribution in [0.4, 0.5) is 4.39 Å². The van der Waals surface area contributed by atoms with E-state index in [0.29, 0.717) is 0 Å². The number of hydrogen-bond acceptors (Lipinski definition) is 0. The van der Waals surface area contributed by atoms with Gasteiger partial charge in [0, 0.05) is 0 Å². The molecule has 0 bridgehead atoms.